The number of pyridine rings is 1. The molecule has 1 unspecified atom stereocenters. The SMILES string of the molecule is O=C(O)c1cc2ccccc2c(NC2CCOC2)n1. The molecule has 1 aliphatic rings. The van der Waals surface area contributed by atoms with Crippen LogP contribution < -0.4 is 5.32 Å². The molecule has 0 saturated carbocycles. The number of aromatic nitrogens is 1. The van der Waals surface area contributed by atoms with Gasteiger partial charge in [0.1, 0.15) is 5.82 Å². The highest BCUT2D eigenvalue weighted by molar-refractivity contribution is 5.97. The van der Waals surface area contributed by atoms with Gasteiger partial charge in [0.2, 0.25) is 0 Å². The minimum Gasteiger partial charge on any atom is -0.477 e. The Bertz CT molecular complexity index is 621. The average molecular weight is 258 g/mol. The summed E-state index contributed by atoms with van der Waals surface area (Å²) in [5, 5.41) is 14.2. The highest BCUT2D eigenvalue weighted by Crippen LogP contribution is 2.24. The monoisotopic (exact) mass is 258 g/mol. The lowest BCUT2D eigenvalue weighted by atomic mass is 10.1. The maximum atomic E-state index is 11.1. The summed E-state index contributed by atoms with van der Waals surface area (Å²) in [5.41, 5.74) is 0.0557. The third-order valence-electron chi connectivity index (χ3n) is 3.23. The van der Waals surface area contributed by atoms with Crippen LogP contribution in [-0.4, -0.2) is 35.3 Å². The quantitative estimate of drug-likeness (QED) is 0.882. The summed E-state index contributed by atoms with van der Waals surface area (Å²) in [4.78, 5) is 15.3. The van der Waals surface area contributed by atoms with E-state index in [9.17, 15) is 4.79 Å². The predicted molar refractivity (Wildman–Crippen MR) is 71.5 cm³/mol. The van der Waals surface area contributed by atoms with Gasteiger partial charge in [-0.3, -0.25) is 0 Å². The maximum absolute atomic E-state index is 11.1. The Labute approximate surface area is 110 Å². The van der Waals surface area contributed by atoms with Crippen LogP contribution in [0.5, 0.6) is 0 Å². The molecule has 98 valence electrons. The molecule has 0 radical (unpaired) electrons. The molecule has 0 amide bonds. The molecule has 1 fully saturated rings. The molecule has 0 spiro atoms. The Morgan fingerprint density at radius 1 is 1.42 bits per heavy atom. The summed E-state index contributed by atoms with van der Waals surface area (Å²) < 4.78 is 5.31. The van der Waals surface area contributed by atoms with Gasteiger partial charge in [0.05, 0.1) is 12.6 Å². The van der Waals surface area contributed by atoms with Gasteiger partial charge in [-0.15, -0.1) is 0 Å². The van der Waals surface area contributed by atoms with Crippen molar-refractivity contribution in [3.8, 4) is 0 Å². The second-order valence-electron chi connectivity index (χ2n) is 4.59. The third-order valence-corrected chi connectivity index (χ3v) is 3.23. The van der Waals surface area contributed by atoms with Gasteiger partial charge in [0.15, 0.2) is 5.69 Å². The number of nitrogens with zero attached hydrogens (tertiary/aromatic N) is 1. The number of carboxylic acid groups (broad SMARTS) is 1. The Kier molecular flexibility index (Phi) is 3.05. The topological polar surface area (TPSA) is 71.5 Å². The average Bonchev–Trinajstić information content (AvgIpc) is 2.91. The van der Waals surface area contributed by atoms with Crippen LogP contribution in [0.25, 0.3) is 10.8 Å². The molecule has 1 aromatic heterocycles. The zero-order valence-electron chi connectivity index (χ0n) is 10.3. The van der Waals surface area contributed by atoms with Gasteiger partial charge in [-0.05, 0) is 17.9 Å². The van der Waals surface area contributed by atoms with Crippen LogP contribution in [0.3, 0.4) is 0 Å². The van der Waals surface area contributed by atoms with E-state index in [4.69, 9.17) is 9.84 Å². The first-order valence-electron chi connectivity index (χ1n) is 6.21. The lowest BCUT2D eigenvalue weighted by Crippen LogP contribution is -2.20. The first-order valence-corrected chi connectivity index (χ1v) is 6.21. The number of anilines is 1. The lowest BCUT2D eigenvalue weighted by molar-refractivity contribution is 0.0691. The van der Waals surface area contributed by atoms with Gasteiger partial charge in [-0.1, -0.05) is 24.3 Å². The molecule has 0 aliphatic carbocycles. The van der Waals surface area contributed by atoms with E-state index in [-0.39, 0.29) is 11.7 Å². The van der Waals surface area contributed by atoms with Crippen molar-refractivity contribution in [1.82, 2.24) is 4.98 Å². The number of carbonyl (C=O) groups is 1. The largest absolute Gasteiger partial charge is 0.477 e. The summed E-state index contributed by atoms with van der Waals surface area (Å²) in [6, 6.07) is 9.41. The van der Waals surface area contributed by atoms with Gasteiger partial charge in [0, 0.05) is 12.0 Å². The van der Waals surface area contributed by atoms with E-state index in [1.807, 2.05) is 24.3 Å². The van der Waals surface area contributed by atoms with E-state index in [0.717, 1.165) is 23.8 Å². The number of hydrogen-bond acceptors (Lipinski definition) is 4. The number of carboxylic acids is 1. The van der Waals surface area contributed by atoms with E-state index in [0.29, 0.717) is 12.4 Å². The molecular weight excluding hydrogens is 244 g/mol. The molecule has 0 bridgehead atoms. The Morgan fingerprint density at radius 3 is 3.00 bits per heavy atom. The zero-order chi connectivity index (χ0) is 13.2. The second-order valence-corrected chi connectivity index (χ2v) is 4.59. The molecule has 2 heterocycles. The molecule has 1 saturated heterocycles. The number of aromatic carboxylic acids is 1. The molecule has 1 aromatic carbocycles. The second kappa shape index (κ2) is 4.85. The van der Waals surface area contributed by atoms with E-state index < -0.39 is 5.97 Å². The maximum Gasteiger partial charge on any atom is 0.354 e. The van der Waals surface area contributed by atoms with Gasteiger partial charge < -0.3 is 15.2 Å². The van der Waals surface area contributed by atoms with Crippen molar-refractivity contribution in [2.24, 2.45) is 0 Å². The summed E-state index contributed by atoms with van der Waals surface area (Å²) in [7, 11) is 0. The number of benzene rings is 1. The lowest BCUT2D eigenvalue weighted by Gasteiger charge is -2.14. The molecule has 1 aliphatic heterocycles. The Hall–Kier alpha value is -2.14. The van der Waals surface area contributed by atoms with Crippen molar-refractivity contribution in [3.05, 3.63) is 36.0 Å². The van der Waals surface area contributed by atoms with Gasteiger partial charge in [0.25, 0.3) is 0 Å². The van der Waals surface area contributed by atoms with Gasteiger partial charge >= 0.3 is 5.97 Å². The van der Waals surface area contributed by atoms with Gasteiger partial charge in [-0.25, -0.2) is 9.78 Å². The van der Waals surface area contributed by atoms with Crippen LogP contribution in [0.1, 0.15) is 16.9 Å². The summed E-state index contributed by atoms with van der Waals surface area (Å²) in [6.07, 6.45) is 0.910. The number of ether oxygens (including phenoxy) is 1. The zero-order valence-corrected chi connectivity index (χ0v) is 10.3. The van der Waals surface area contributed by atoms with Crippen molar-refractivity contribution in [3.63, 3.8) is 0 Å². The van der Waals surface area contributed by atoms with Crippen LogP contribution in [0.15, 0.2) is 30.3 Å². The predicted octanol–water partition coefficient (Wildman–Crippen LogP) is 2.13. The fraction of sp³-hybridized carbons (Fsp3) is 0.286. The number of nitrogens with one attached hydrogen (secondary N) is 1. The van der Waals surface area contributed by atoms with E-state index in [2.05, 4.69) is 10.3 Å². The molecule has 2 N–H and O–H groups in total. The van der Waals surface area contributed by atoms with Crippen LogP contribution in [0, 0.1) is 0 Å². The summed E-state index contributed by atoms with van der Waals surface area (Å²) in [5.74, 6) is -0.400. The smallest absolute Gasteiger partial charge is 0.354 e. The minimum absolute atomic E-state index is 0.0557. The normalized spacial score (nSPS) is 18.6. The molecule has 2 aromatic rings. The van der Waals surface area contributed by atoms with Crippen LogP contribution in [0.4, 0.5) is 5.82 Å². The van der Waals surface area contributed by atoms with Crippen LogP contribution in [-0.2, 0) is 4.74 Å². The molecule has 19 heavy (non-hydrogen) atoms. The van der Waals surface area contributed by atoms with Crippen molar-refractivity contribution in [2.45, 2.75) is 12.5 Å². The first-order chi connectivity index (χ1) is 9.24. The molecule has 1 atom stereocenters. The fourth-order valence-corrected chi connectivity index (χ4v) is 2.26. The molecule has 3 rings (SSSR count). The number of rotatable bonds is 3. The first kappa shape index (κ1) is 11.9. The minimum atomic E-state index is -1.02. The van der Waals surface area contributed by atoms with Crippen LogP contribution >= 0.6 is 0 Å². The Morgan fingerprint density at radius 2 is 2.26 bits per heavy atom. The molecular formula is C14H14N2O3. The third kappa shape index (κ3) is 2.37. The Balaban J connectivity index is 2.06. The highest BCUT2D eigenvalue weighted by atomic mass is 16.5. The fourth-order valence-electron chi connectivity index (χ4n) is 2.26. The van der Waals surface area contributed by atoms with E-state index in [1.54, 1.807) is 6.07 Å². The van der Waals surface area contributed by atoms with Crippen LogP contribution in [0.2, 0.25) is 0 Å². The van der Waals surface area contributed by atoms with E-state index >= 15 is 0 Å². The van der Waals surface area contributed by atoms with Crippen molar-refractivity contribution < 1.29 is 14.6 Å². The van der Waals surface area contributed by atoms with Crippen molar-refractivity contribution in [2.75, 3.05) is 18.5 Å². The molecule has 5 heteroatoms. The highest BCUT2D eigenvalue weighted by Gasteiger charge is 2.18. The van der Waals surface area contributed by atoms with Gasteiger partial charge in [-0.2, -0.15) is 0 Å². The summed E-state index contributed by atoms with van der Waals surface area (Å²) in [6.45, 7) is 1.36. The standard InChI is InChI=1S/C14H14N2O3/c17-14(18)12-7-9-3-1-2-4-11(9)13(16-12)15-10-5-6-19-8-10/h1-4,7,10H,5-6,8H2,(H,15,16)(H,17,18). The van der Waals surface area contributed by atoms with Crippen molar-refractivity contribution in [1.29, 1.82) is 0 Å². The summed E-state index contributed by atoms with van der Waals surface area (Å²) >= 11 is 0. The van der Waals surface area contributed by atoms with E-state index in [1.165, 1.54) is 0 Å². The number of fused-ring (bicyclic) bond motifs is 1. The van der Waals surface area contributed by atoms with Crippen molar-refractivity contribution >= 4 is 22.6 Å². The molecule has 5 nitrogen and oxygen atoms in total. The number of hydrogen-bond donors (Lipinski definition) is 2.